The molecule has 2 aromatic heterocycles. The quantitative estimate of drug-likeness (QED) is 0.810. The minimum absolute atomic E-state index is 0.0552. The summed E-state index contributed by atoms with van der Waals surface area (Å²) >= 11 is 0. The molecule has 2 N–H and O–H groups in total. The molecule has 1 unspecified atom stereocenters. The van der Waals surface area contributed by atoms with Crippen molar-refractivity contribution in [2.45, 2.75) is 33.4 Å². The molecule has 102 valence electrons. The monoisotopic (exact) mass is 262 g/mol. The maximum Gasteiger partial charge on any atom is 0.255 e. The van der Waals surface area contributed by atoms with Gasteiger partial charge in [0, 0.05) is 24.5 Å². The van der Waals surface area contributed by atoms with Gasteiger partial charge in [0.25, 0.3) is 5.56 Å². The molecule has 0 aliphatic rings. The Kier molecular flexibility index (Phi) is 4.06. The summed E-state index contributed by atoms with van der Waals surface area (Å²) in [6.07, 6.45) is 3.44. The van der Waals surface area contributed by atoms with Crippen LogP contribution in [-0.2, 0) is 6.54 Å². The number of aromatic nitrogens is 5. The molecule has 0 saturated carbocycles. The van der Waals surface area contributed by atoms with Crippen LogP contribution in [0, 0.1) is 13.8 Å². The van der Waals surface area contributed by atoms with Gasteiger partial charge in [0.05, 0.1) is 18.3 Å². The van der Waals surface area contributed by atoms with Crippen LogP contribution < -0.4 is 10.9 Å². The number of rotatable bonds is 5. The van der Waals surface area contributed by atoms with Gasteiger partial charge in [-0.05, 0) is 20.8 Å². The van der Waals surface area contributed by atoms with Crippen LogP contribution in [0.2, 0.25) is 0 Å². The van der Waals surface area contributed by atoms with Gasteiger partial charge in [-0.15, -0.1) is 5.10 Å². The topological polar surface area (TPSA) is 88.5 Å². The van der Waals surface area contributed by atoms with Crippen LogP contribution >= 0.6 is 0 Å². The molecule has 0 spiro atoms. The lowest BCUT2D eigenvalue weighted by atomic mass is 10.1. The first kappa shape index (κ1) is 13.4. The Morgan fingerprint density at radius 2 is 2.26 bits per heavy atom. The van der Waals surface area contributed by atoms with Crippen molar-refractivity contribution in [1.29, 1.82) is 0 Å². The van der Waals surface area contributed by atoms with Crippen LogP contribution in [0.5, 0.6) is 0 Å². The van der Waals surface area contributed by atoms with E-state index in [1.807, 2.05) is 13.8 Å². The van der Waals surface area contributed by atoms with Crippen LogP contribution in [0.25, 0.3) is 0 Å². The summed E-state index contributed by atoms with van der Waals surface area (Å²) in [4.78, 5) is 19.0. The number of nitrogens with zero attached hydrogens (tertiary/aromatic N) is 4. The fraction of sp³-hybridized carbons (Fsp3) is 0.500. The van der Waals surface area contributed by atoms with Crippen molar-refractivity contribution in [3.8, 4) is 0 Å². The standard InChI is InChI=1S/C12H18N6O/c1-8(13-4-6-18-7-5-14-17-18)11-9(2)15-10(3)16-12(11)19/h5,7-8,13H,4,6H2,1-3H3,(H,15,16,19). The summed E-state index contributed by atoms with van der Waals surface area (Å²) < 4.78 is 1.74. The lowest BCUT2D eigenvalue weighted by Gasteiger charge is -2.15. The molecule has 0 aromatic carbocycles. The van der Waals surface area contributed by atoms with Gasteiger partial charge in [0.15, 0.2) is 0 Å². The SMILES string of the molecule is Cc1nc(C)c(C(C)NCCn2ccnn2)c(=O)[nH]1. The van der Waals surface area contributed by atoms with Crippen LogP contribution in [0.1, 0.15) is 30.0 Å². The van der Waals surface area contributed by atoms with Crippen LogP contribution in [0.4, 0.5) is 0 Å². The number of aryl methyl sites for hydroxylation is 2. The molecule has 0 bridgehead atoms. The molecule has 0 radical (unpaired) electrons. The smallest absolute Gasteiger partial charge is 0.255 e. The number of nitrogens with one attached hydrogen (secondary N) is 2. The maximum atomic E-state index is 11.9. The average molecular weight is 262 g/mol. The van der Waals surface area contributed by atoms with Crippen LogP contribution in [0.3, 0.4) is 0 Å². The van der Waals surface area contributed by atoms with Crippen LogP contribution in [-0.4, -0.2) is 31.5 Å². The number of H-pyrrole nitrogens is 1. The first-order valence-corrected chi connectivity index (χ1v) is 6.23. The molecular formula is C12H18N6O. The normalized spacial score (nSPS) is 12.6. The Balaban J connectivity index is 2.00. The fourth-order valence-corrected chi connectivity index (χ4v) is 2.10. The molecule has 2 rings (SSSR count). The summed E-state index contributed by atoms with van der Waals surface area (Å²) in [5.41, 5.74) is 1.37. The molecule has 19 heavy (non-hydrogen) atoms. The Labute approximate surface area is 111 Å². The molecule has 7 heteroatoms. The van der Waals surface area contributed by atoms with Crippen molar-refractivity contribution >= 4 is 0 Å². The van der Waals surface area contributed by atoms with E-state index in [0.717, 1.165) is 5.69 Å². The highest BCUT2D eigenvalue weighted by atomic mass is 16.1. The van der Waals surface area contributed by atoms with Crippen molar-refractivity contribution in [3.05, 3.63) is 39.8 Å². The molecule has 2 aromatic rings. The molecule has 0 saturated heterocycles. The van der Waals surface area contributed by atoms with E-state index >= 15 is 0 Å². The Bertz CT molecular complexity index is 589. The van der Waals surface area contributed by atoms with Gasteiger partial charge in [-0.1, -0.05) is 5.21 Å². The average Bonchev–Trinajstić information content (AvgIpc) is 2.80. The first-order chi connectivity index (χ1) is 9.08. The van der Waals surface area contributed by atoms with Gasteiger partial charge in [-0.3, -0.25) is 9.48 Å². The van der Waals surface area contributed by atoms with Crippen molar-refractivity contribution in [2.75, 3.05) is 6.54 Å². The van der Waals surface area contributed by atoms with E-state index in [-0.39, 0.29) is 11.6 Å². The zero-order chi connectivity index (χ0) is 13.8. The lowest BCUT2D eigenvalue weighted by Crippen LogP contribution is -2.30. The highest BCUT2D eigenvalue weighted by Gasteiger charge is 2.13. The van der Waals surface area contributed by atoms with Gasteiger partial charge < -0.3 is 10.3 Å². The summed E-state index contributed by atoms with van der Waals surface area (Å²) in [6, 6.07) is -0.0552. The van der Waals surface area contributed by atoms with E-state index in [2.05, 4.69) is 25.6 Å². The number of aromatic amines is 1. The maximum absolute atomic E-state index is 11.9. The van der Waals surface area contributed by atoms with Crippen molar-refractivity contribution in [2.24, 2.45) is 0 Å². The largest absolute Gasteiger partial charge is 0.310 e. The van der Waals surface area contributed by atoms with Gasteiger partial charge in [-0.2, -0.15) is 0 Å². The van der Waals surface area contributed by atoms with E-state index in [1.165, 1.54) is 0 Å². The molecule has 2 heterocycles. The van der Waals surface area contributed by atoms with E-state index in [4.69, 9.17) is 0 Å². The number of hydrogen-bond donors (Lipinski definition) is 2. The second-order valence-corrected chi connectivity index (χ2v) is 4.49. The summed E-state index contributed by atoms with van der Waals surface area (Å²) in [6.45, 7) is 7.00. The summed E-state index contributed by atoms with van der Waals surface area (Å²) in [5.74, 6) is 0.640. The third-order valence-electron chi connectivity index (χ3n) is 2.96. The summed E-state index contributed by atoms with van der Waals surface area (Å²) in [5, 5.41) is 10.9. The van der Waals surface area contributed by atoms with E-state index < -0.39 is 0 Å². The minimum Gasteiger partial charge on any atom is -0.310 e. The second-order valence-electron chi connectivity index (χ2n) is 4.49. The van der Waals surface area contributed by atoms with Gasteiger partial charge in [0.1, 0.15) is 5.82 Å². The van der Waals surface area contributed by atoms with E-state index in [1.54, 1.807) is 24.0 Å². The van der Waals surface area contributed by atoms with Crippen molar-refractivity contribution < 1.29 is 0 Å². The Morgan fingerprint density at radius 1 is 1.47 bits per heavy atom. The van der Waals surface area contributed by atoms with E-state index in [9.17, 15) is 4.79 Å². The zero-order valence-corrected chi connectivity index (χ0v) is 11.3. The third kappa shape index (κ3) is 3.25. The van der Waals surface area contributed by atoms with Crippen molar-refractivity contribution in [3.63, 3.8) is 0 Å². The highest BCUT2D eigenvalue weighted by Crippen LogP contribution is 2.10. The summed E-state index contributed by atoms with van der Waals surface area (Å²) in [7, 11) is 0. The Hall–Kier alpha value is -2.02. The molecule has 0 amide bonds. The highest BCUT2D eigenvalue weighted by molar-refractivity contribution is 5.19. The van der Waals surface area contributed by atoms with Crippen LogP contribution in [0.15, 0.2) is 17.2 Å². The number of hydrogen-bond acceptors (Lipinski definition) is 5. The fourth-order valence-electron chi connectivity index (χ4n) is 2.10. The molecule has 7 nitrogen and oxygen atoms in total. The van der Waals surface area contributed by atoms with E-state index in [0.29, 0.717) is 24.5 Å². The minimum atomic E-state index is -0.0780. The first-order valence-electron chi connectivity index (χ1n) is 6.23. The zero-order valence-electron chi connectivity index (χ0n) is 11.3. The predicted molar refractivity (Wildman–Crippen MR) is 70.8 cm³/mol. The van der Waals surface area contributed by atoms with Gasteiger partial charge in [0.2, 0.25) is 0 Å². The molecule has 1 atom stereocenters. The Morgan fingerprint density at radius 3 is 2.89 bits per heavy atom. The second kappa shape index (κ2) is 5.75. The van der Waals surface area contributed by atoms with Crippen molar-refractivity contribution in [1.82, 2.24) is 30.3 Å². The lowest BCUT2D eigenvalue weighted by molar-refractivity contribution is 0.494. The predicted octanol–water partition coefficient (Wildman–Crippen LogP) is 0.329. The molecule has 0 aliphatic heterocycles. The third-order valence-corrected chi connectivity index (χ3v) is 2.96. The van der Waals surface area contributed by atoms with Gasteiger partial charge >= 0.3 is 0 Å². The molecular weight excluding hydrogens is 244 g/mol. The van der Waals surface area contributed by atoms with Gasteiger partial charge in [-0.25, -0.2) is 4.98 Å². The molecule has 0 fully saturated rings. The molecule has 0 aliphatic carbocycles.